The average molecular weight is 359 g/mol. The molecule has 5 nitrogen and oxygen atoms in total. The molecule has 0 radical (unpaired) electrons. The Kier molecular flexibility index (Phi) is 4.36. The lowest BCUT2D eigenvalue weighted by Crippen LogP contribution is -2.28. The number of hydrogen-bond acceptors (Lipinski definition) is 3. The summed E-state index contributed by atoms with van der Waals surface area (Å²) in [5.41, 5.74) is 6.24. The summed E-state index contributed by atoms with van der Waals surface area (Å²) >= 11 is 0. The van der Waals surface area contributed by atoms with Crippen LogP contribution in [-0.4, -0.2) is 15.5 Å². The zero-order valence-corrected chi connectivity index (χ0v) is 15.4. The molecule has 1 heterocycles. The Hall–Kier alpha value is -3.21. The number of nitrogens with zero attached hydrogens (tertiary/aromatic N) is 2. The minimum atomic E-state index is -0.244. The zero-order chi connectivity index (χ0) is 19.0. The third kappa shape index (κ3) is 3.40. The fourth-order valence-electron chi connectivity index (χ4n) is 3.45. The molecule has 3 aromatic rings. The molecular weight excluding hydrogens is 338 g/mol. The van der Waals surface area contributed by atoms with Gasteiger partial charge in [0.05, 0.1) is 12.0 Å². The maximum Gasteiger partial charge on any atom is 0.254 e. The smallest absolute Gasteiger partial charge is 0.254 e. The van der Waals surface area contributed by atoms with E-state index >= 15 is 0 Å². The highest BCUT2D eigenvalue weighted by Crippen LogP contribution is 2.37. The number of anilines is 1. The van der Waals surface area contributed by atoms with Gasteiger partial charge in [-0.1, -0.05) is 44.2 Å². The number of carbonyl (C=O) groups is 1. The maximum atomic E-state index is 12.4. The second kappa shape index (κ2) is 6.83. The van der Waals surface area contributed by atoms with E-state index in [0.717, 1.165) is 17.8 Å². The first-order valence-electron chi connectivity index (χ1n) is 9.08. The Morgan fingerprint density at radius 1 is 1.11 bits per heavy atom. The summed E-state index contributed by atoms with van der Waals surface area (Å²) in [5.74, 6) is -0.0663. The quantitative estimate of drug-likeness (QED) is 0.606. The van der Waals surface area contributed by atoms with Crippen molar-refractivity contribution in [2.24, 2.45) is 0 Å². The van der Waals surface area contributed by atoms with E-state index < -0.39 is 0 Å². The lowest BCUT2D eigenvalue weighted by Gasteiger charge is -2.10. The molecule has 0 spiro atoms. The van der Waals surface area contributed by atoms with Crippen molar-refractivity contribution in [1.29, 1.82) is 0 Å². The third-order valence-electron chi connectivity index (χ3n) is 4.88. The molecule has 1 aliphatic rings. The van der Waals surface area contributed by atoms with Crippen LogP contribution in [-0.2, 0) is 17.8 Å². The van der Waals surface area contributed by atoms with Gasteiger partial charge in [0.1, 0.15) is 6.54 Å². The first-order chi connectivity index (χ1) is 13.0. The largest absolute Gasteiger partial charge is 0.325 e. The Bertz CT molecular complexity index is 1080. The number of benzene rings is 2. The SMILES string of the molecule is CC(C)c1cc(=O)n(CC(=O)Nc2ccc3c(c2)Cc2ccccc2-3)cn1. The predicted molar refractivity (Wildman–Crippen MR) is 106 cm³/mol. The van der Waals surface area contributed by atoms with Gasteiger partial charge in [-0.25, -0.2) is 4.98 Å². The van der Waals surface area contributed by atoms with Crippen molar-refractivity contribution in [3.8, 4) is 11.1 Å². The van der Waals surface area contributed by atoms with Gasteiger partial charge in [0, 0.05) is 11.8 Å². The fourth-order valence-corrected chi connectivity index (χ4v) is 3.45. The van der Waals surface area contributed by atoms with Crippen LogP contribution in [0.1, 0.15) is 36.6 Å². The molecule has 1 aromatic heterocycles. The number of carbonyl (C=O) groups excluding carboxylic acids is 1. The van der Waals surface area contributed by atoms with Crippen molar-refractivity contribution in [3.63, 3.8) is 0 Å². The molecule has 5 heteroatoms. The van der Waals surface area contributed by atoms with Crippen LogP contribution in [0.25, 0.3) is 11.1 Å². The Morgan fingerprint density at radius 3 is 2.67 bits per heavy atom. The van der Waals surface area contributed by atoms with Crippen LogP contribution in [0.3, 0.4) is 0 Å². The summed E-state index contributed by atoms with van der Waals surface area (Å²) in [5, 5.41) is 2.89. The summed E-state index contributed by atoms with van der Waals surface area (Å²) in [6.45, 7) is 3.90. The van der Waals surface area contributed by atoms with Gasteiger partial charge in [-0.15, -0.1) is 0 Å². The molecule has 0 fully saturated rings. The van der Waals surface area contributed by atoms with Crippen molar-refractivity contribution in [2.75, 3.05) is 5.32 Å². The highest BCUT2D eigenvalue weighted by Gasteiger charge is 2.18. The molecule has 2 aromatic carbocycles. The zero-order valence-electron chi connectivity index (χ0n) is 15.4. The summed E-state index contributed by atoms with van der Waals surface area (Å²) in [7, 11) is 0. The summed E-state index contributed by atoms with van der Waals surface area (Å²) in [6.07, 6.45) is 2.31. The van der Waals surface area contributed by atoms with Crippen molar-refractivity contribution in [1.82, 2.24) is 9.55 Å². The van der Waals surface area contributed by atoms with Gasteiger partial charge in [0.2, 0.25) is 5.91 Å². The Balaban J connectivity index is 1.48. The molecule has 0 unspecified atom stereocenters. The second-order valence-corrected chi connectivity index (χ2v) is 7.19. The minimum Gasteiger partial charge on any atom is -0.325 e. The molecule has 0 saturated carbocycles. The van der Waals surface area contributed by atoms with Crippen LogP contribution in [0.5, 0.6) is 0 Å². The molecular formula is C22H21N3O2. The number of fused-ring (bicyclic) bond motifs is 3. The van der Waals surface area contributed by atoms with E-state index in [0.29, 0.717) is 0 Å². The van der Waals surface area contributed by atoms with Gasteiger partial charge in [0.25, 0.3) is 5.56 Å². The van der Waals surface area contributed by atoms with Gasteiger partial charge >= 0.3 is 0 Å². The Morgan fingerprint density at radius 2 is 1.89 bits per heavy atom. The molecule has 1 aliphatic carbocycles. The van der Waals surface area contributed by atoms with Gasteiger partial charge < -0.3 is 5.32 Å². The molecule has 0 bridgehead atoms. The fraction of sp³-hybridized carbons (Fsp3) is 0.227. The number of aromatic nitrogens is 2. The van der Waals surface area contributed by atoms with E-state index in [1.807, 2.05) is 44.2 Å². The molecule has 1 N–H and O–H groups in total. The van der Waals surface area contributed by atoms with Crippen LogP contribution in [0.15, 0.2) is 59.7 Å². The van der Waals surface area contributed by atoms with Crippen molar-refractivity contribution in [2.45, 2.75) is 32.7 Å². The van der Waals surface area contributed by atoms with Crippen LogP contribution < -0.4 is 10.9 Å². The van der Waals surface area contributed by atoms with E-state index in [-0.39, 0.29) is 23.9 Å². The van der Waals surface area contributed by atoms with Crippen molar-refractivity contribution < 1.29 is 4.79 Å². The van der Waals surface area contributed by atoms with E-state index in [4.69, 9.17) is 0 Å². The topological polar surface area (TPSA) is 64.0 Å². The van der Waals surface area contributed by atoms with Crippen molar-refractivity contribution >= 4 is 11.6 Å². The van der Waals surface area contributed by atoms with Gasteiger partial charge in [-0.3, -0.25) is 14.2 Å². The lowest BCUT2D eigenvalue weighted by molar-refractivity contribution is -0.116. The normalized spacial score (nSPS) is 12.0. The summed E-state index contributed by atoms with van der Waals surface area (Å²) < 4.78 is 1.32. The standard InChI is InChI=1S/C22H21N3O2/c1-14(2)20-11-22(27)25(13-23-20)12-21(26)24-17-7-8-19-16(10-17)9-15-5-3-4-6-18(15)19/h3-8,10-11,13-14H,9,12H2,1-2H3,(H,24,26). The Labute approximate surface area is 157 Å². The molecule has 1 amide bonds. The van der Waals surface area contributed by atoms with Gasteiger partial charge in [-0.2, -0.15) is 0 Å². The van der Waals surface area contributed by atoms with Crippen LogP contribution in [0.4, 0.5) is 5.69 Å². The number of nitrogens with one attached hydrogen (secondary N) is 1. The van der Waals surface area contributed by atoms with Gasteiger partial charge in [-0.05, 0) is 46.7 Å². The summed E-state index contributed by atoms with van der Waals surface area (Å²) in [4.78, 5) is 28.8. The van der Waals surface area contributed by atoms with E-state index in [1.165, 1.54) is 39.2 Å². The maximum absolute atomic E-state index is 12.4. The lowest BCUT2D eigenvalue weighted by atomic mass is 10.1. The number of hydrogen-bond donors (Lipinski definition) is 1. The van der Waals surface area contributed by atoms with E-state index in [1.54, 1.807) is 0 Å². The van der Waals surface area contributed by atoms with Crippen LogP contribution in [0, 0.1) is 0 Å². The highest BCUT2D eigenvalue weighted by molar-refractivity contribution is 5.91. The minimum absolute atomic E-state index is 0.0540. The van der Waals surface area contributed by atoms with Crippen molar-refractivity contribution in [3.05, 3.63) is 82.0 Å². The molecule has 4 rings (SSSR count). The van der Waals surface area contributed by atoms with E-state index in [2.05, 4.69) is 22.4 Å². The third-order valence-corrected chi connectivity index (χ3v) is 4.88. The number of rotatable bonds is 4. The van der Waals surface area contributed by atoms with E-state index in [9.17, 15) is 9.59 Å². The molecule has 0 atom stereocenters. The highest BCUT2D eigenvalue weighted by atomic mass is 16.2. The summed E-state index contributed by atoms with van der Waals surface area (Å²) in [6, 6.07) is 15.8. The monoisotopic (exact) mass is 359 g/mol. The molecule has 0 saturated heterocycles. The molecule has 27 heavy (non-hydrogen) atoms. The van der Waals surface area contributed by atoms with Crippen LogP contribution >= 0.6 is 0 Å². The first-order valence-corrected chi connectivity index (χ1v) is 9.08. The van der Waals surface area contributed by atoms with Crippen LogP contribution in [0.2, 0.25) is 0 Å². The molecule has 0 aliphatic heterocycles. The second-order valence-electron chi connectivity index (χ2n) is 7.19. The first kappa shape index (κ1) is 17.2. The van der Waals surface area contributed by atoms with Gasteiger partial charge in [0.15, 0.2) is 0 Å². The predicted octanol–water partition coefficient (Wildman–Crippen LogP) is 3.58. The number of amides is 1. The average Bonchev–Trinajstić information content (AvgIpc) is 3.01. The molecule has 136 valence electrons.